The second-order valence-corrected chi connectivity index (χ2v) is 6.21. The molecule has 0 spiro atoms. The topological polar surface area (TPSA) is 24.9 Å². The first-order valence-corrected chi connectivity index (χ1v) is 7.51. The second kappa shape index (κ2) is 5.63. The molecule has 0 atom stereocenters. The van der Waals surface area contributed by atoms with E-state index in [1.165, 1.54) is 5.56 Å². The molecule has 1 heterocycles. The fourth-order valence-corrected chi connectivity index (χ4v) is 2.90. The molecule has 1 aliphatic carbocycles. The summed E-state index contributed by atoms with van der Waals surface area (Å²) in [7, 11) is 0. The highest BCUT2D eigenvalue weighted by Crippen LogP contribution is 2.39. The molecule has 20 heavy (non-hydrogen) atoms. The highest BCUT2D eigenvalue weighted by atomic mass is 35.5. The summed E-state index contributed by atoms with van der Waals surface area (Å²) in [5, 5.41) is 4.82. The van der Waals surface area contributed by atoms with E-state index in [9.17, 15) is 0 Å². The third kappa shape index (κ3) is 2.92. The maximum absolute atomic E-state index is 6.10. The predicted octanol–water partition coefficient (Wildman–Crippen LogP) is 5.05. The van der Waals surface area contributed by atoms with Gasteiger partial charge in [0, 0.05) is 17.3 Å². The van der Waals surface area contributed by atoms with E-state index in [4.69, 9.17) is 23.2 Å². The Labute approximate surface area is 129 Å². The molecule has 2 nitrogen and oxygen atoms in total. The van der Waals surface area contributed by atoms with Crippen molar-refractivity contribution >= 4 is 28.9 Å². The molecule has 0 unspecified atom stereocenters. The van der Waals surface area contributed by atoms with Crippen molar-refractivity contribution in [1.82, 2.24) is 4.98 Å². The van der Waals surface area contributed by atoms with E-state index >= 15 is 0 Å². The zero-order valence-electron chi connectivity index (χ0n) is 11.2. The summed E-state index contributed by atoms with van der Waals surface area (Å²) < 4.78 is 0. The number of aromatic nitrogens is 1. The molecule has 1 aliphatic rings. The van der Waals surface area contributed by atoms with Crippen molar-refractivity contribution in [2.45, 2.75) is 31.7 Å². The normalized spacial score (nSPS) is 21.4. The van der Waals surface area contributed by atoms with Crippen LogP contribution in [0.4, 0.5) is 5.69 Å². The lowest BCUT2D eigenvalue weighted by Gasteiger charge is -2.37. The number of benzene rings is 1. The quantitative estimate of drug-likeness (QED) is 0.802. The first-order chi connectivity index (χ1) is 9.61. The second-order valence-electron chi connectivity index (χ2n) is 5.41. The molecule has 1 aromatic heterocycles. The van der Waals surface area contributed by atoms with E-state index in [1.807, 2.05) is 25.1 Å². The molecular weight excluding hydrogens is 291 g/mol. The Bertz CT molecular complexity index is 604. The van der Waals surface area contributed by atoms with Crippen molar-refractivity contribution in [3.8, 4) is 0 Å². The van der Waals surface area contributed by atoms with Crippen LogP contribution in [0, 0.1) is 6.92 Å². The van der Waals surface area contributed by atoms with E-state index in [1.54, 1.807) is 6.20 Å². The lowest BCUT2D eigenvalue weighted by Crippen LogP contribution is -2.34. The Morgan fingerprint density at radius 2 is 1.85 bits per heavy atom. The number of anilines is 1. The Kier molecular flexibility index (Phi) is 3.86. The maximum atomic E-state index is 6.10. The minimum atomic E-state index is 0.469. The van der Waals surface area contributed by atoms with Crippen molar-refractivity contribution in [2.75, 3.05) is 5.32 Å². The number of rotatable bonds is 3. The van der Waals surface area contributed by atoms with Gasteiger partial charge >= 0.3 is 0 Å². The molecule has 0 bridgehead atoms. The van der Waals surface area contributed by atoms with Gasteiger partial charge in [-0.1, -0.05) is 35.3 Å². The molecule has 3 rings (SSSR count). The zero-order valence-corrected chi connectivity index (χ0v) is 12.7. The van der Waals surface area contributed by atoms with Crippen LogP contribution < -0.4 is 5.32 Å². The number of nitrogens with one attached hydrogen (secondary N) is 1. The SMILES string of the molecule is Cc1cnc(Cl)c(NC2CC(c3ccc(Cl)cc3)C2)c1. The average molecular weight is 307 g/mol. The Hall–Kier alpha value is -1.25. The number of hydrogen-bond acceptors (Lipinski definition) is 2. The van der Waals surface area contributed by atoms with Crippen LogP contribution in [0.1, 0.15) is 29.9 Å². The van der Waals surface area contributed by atoms with Crippen molar-refractivity contribution in [3.05, 3.63) is 57.8 Å². The maximum Gasteiger partial charge on any atom is 0.152 e. The van der Waals surface area contributed by atoms with Gasteiger partial charge in [-0.25, -0.2) is 4.98 Å². The van der Waals surface area contributed by atoms with Crippen molar-refractivity contribution in [1.29, 1.82) is 0 Å². The summed E-state index contributed by atoms with van der Waals surface area (Å²) in [6.45, 7) is 2.02. The third-order valence-electron chi connectivity index (χ3n) is 3.81. The van der Waals surface area contributed by atoms with E-state index in [0.29, 0.717) is 17.1 Å². The number of nitrogens with zero attached hydrogens (tertiary/aromatic N) is 1. The van der Waals surface area contributed by atoms with Gasteiger partial charge in [-0.2, -0.15) is 0 Å². The van der Waals surface area contributed by atoms with Crippen LogP contribution in [0.5, 0.6) is 0 Å². The van der Waals surface area contributed by atoms with Crippen LogP contribution in [0.15, 0.2) is 36.5 Å². The smallest absolute Gasteiger partial charge is 0.152 e. The van der Waals surface area contributed by atoms with Gasteiger partial charge in [0.05, 0.1) is 5.69 Å². The molecule has 1 aromatic carbocycles. The van der Waals surface area contributed by atoms with Crippen molar-refractivity contribution in [2.24, 2.45) is 0 Å². The Morgan fingerprint density at radius 1 is 1.15 bits per heavy atom. The van der Waals surface area contributed by atoms with Crippen LogP contribution in [0.2, 0.25) is 10.2 Å². The fourth-order valence-electron chi connectivity index (χ4n) is 2.62. The highest BCUT2D eigenvalue weighted by Gasteiger charge is 2.30. The minimum Gasteiger partial charge on any atom is -0.380 e. The van der Waals surface area contributed by atoms with E-state index in [0.717, 1.165) is 29.1 Å². The lowest BCUT2D eigenvalue weighted by atomic mass is 9.76. The number of halogens is 2. The number of aryl methyl sites for hydroxylation is 1. The summed E-state index contributed by atoms with van der Waals surface area (Å²) in [5.41, 5.74) is 3.41. The molecule has 1 N–H and O–H groups in total. The summed E-state index contributed by atoms with van der Waals surface area (Å²) in [6, 6.07) is 10.7. The Balaban J connectivity index is 1.60. The molecule has 104 valence electrons. The van der Waals surface area contributed by atoms with Crippen LogP contribution >= 0.6 is 23.2 Å². The van der Waals surface area contributed by atoms with Gasteiger partial charge in [-0.05, 0) is 55.0 Å². The van der Waals surface area contributed by atoms with Gasteiger partial charge < -0.3 is 5.32 Å². The summed E-state index contributed by atoms with van der Waals surface area (Å²) in [5.74, 6) is 0.612. The van der Waals surface area contributed by atoms with Gasteiger partial charge in [0.2, 0.25) is 0 Å². The van der Waals surface area contributed by atoms with Gasteiger partial charge in [0.15, 0.2) is 5.15 Å². The lowest BCUT2D eigenvalue weighted by molar-refractivity contribution is 0.374. The van der Waals surface area contributed by atoms with E-state index < -0.39 is 0 Å². The average Bonchev–Trinajstić information content (AvgIpc) is 2.39. The monoisotopic (exact) mass is 306 g/mol. The first-order valence-electron chi connectivity index (χ1n) is 6.76. The molecular formula is C16H16Cl2N2. The molecule has 4 heteroatoms. The number of pyridine rings is 1. The van der Waals surface area contributed by atoms with Crippen molar-refractivity contribution < 1.29 is 0 Å². The summed E-state index contributed by atoms with van der Waals surface area (Å²) in [4.78, 5) is 4.17. The number of hydrogen-bond donors (Lipinski definition) is 1. The third-order valence-corrected chi connectivity index (χ3v) is 4.37. The molecule has 1 saturated carbocycles. The van der Waals surface area contributed by atoms with Gasteiger partial charge in [-0.3, -0.25) is 0 Å². The molecule has 0 saturated heterocycles. The van der Waals surface area contributed by atoms with Gasteiger partial charge in [0.1, 0.15) is 0 Å². The van der Waals surface area contributed by atoms with E-state index in [-0.39, 0.29) is 0 Å². The van der Waals surface area contributed by atoms with Crippen LogP contribution in [-0.4, -0.2) is 11.0 Å². The largest absolute Gasteiger partial charge is 0.380 e. The predicted molar refractivity (Wildman–Crippen MR) is 84.8 cm³/mol. The van der Waals surface area contributed by atoms with Crippen LogP contribution in [0.3, 0.4) is 0 Å². The molecule has 0 radical (unpaired) electrons. The standard InChI is InChI=1S/C16H16Cl2N2/c1-10-6-15(16(18)19-9-10)20-14-7-12(8-14)11-2-4-13(17)5-3-11/h2-6,9,12,14,20H,7-8H2,1H3. The molecule has 1 fully saturated rings. The van der Waals surface area contributed by atoms with Crippen LogP contribution in [-0.2, 0) is 0 Å². The zero-order chi connectivity index (χ0) is 14.1. The molecule has 0 aliphatic heterocycles. The first kappa shape index (κ1) is 13.7. The van der Waals surface area contributed by atoms with Gasteiger partial charge in [-0.15, -0.1) is 0 Å². The summed E-state index contributed by atoms with van der Waals surface area (Å²) >= 11 is 12.0. The van der Waals surface area contributed by atoms with Crippen molar-refractivity contribution in [3.63, 3.8) is 0 Å². The molecule has 0 amide bonds. The minimum absolute atomic E-state index is 0.469. The summed E-state index contributed by atoms with van der Waals surface area (Å²) in [6.07, 6.45) is 4.02. The fraction of sp³-hybridized carbons (Fsp3) is 0.312. The Morgan fingerprint density at radius 3 is 2.55 bits per heavy atom. The van der Waals surface area contributed by atoms with Gasteiger partial charge in [0.25, 0.3) is 0 Å². The van der Waals surface area contributed by atoms with Crippen LogP contribution in [0.25, 0.3) is 0 Å². The highest BCUT2D eigenvalue weighted by molar-refractivity contribution is 6.32. The van der Waals surface area contributed by atoms with E-state index in [2.05, 4.69) is 22.4 Å². The molecule has 2 aromatic rings.